The third-order valence-corrected chi connectivity index (χ3v) is 5.67. The van der Waals surface area contributed by atoms with E-state index in [2.05, 4.69) is 57.2 Å². The Morgan fingerprint density at radius 1 is 0.900 bits per heavy atom. The van der Waals surface area contributed by atoms with Gasteiger partial charge in [0.15, 0.2) is 0 Å². The van der Waals surface area contributed by atoms with Gasteiger partial charge in [-0.2, -0.15) is 0 Å². The van der Waals surface area contributed by atoms with E-state index < -0.39 is 0 Å². The van der Waals surface area contributed by atoms with Crippen LogP contribution < -0.4 is 10.4 Å². The van der Waals surface area contributed by atoms with E-state index in [1.165, 1.54) is 11.1 Å². The Labute approximate surface area is 180 Å². The number of nitrogens with zero attached hydrogens (tertiary/aromatic N) is 2. The van der Waals surface area contributed by atoms with Crippen molar-refractivity contribution in [3.63, 3.8) is 0 Å². The first-order chi connectivity index (χ1) is 14.3. The zero-order valence-corrected chi connectivity index (χ0v) is 18.9. The van der Waals surface area contributed by atoms with Crippen molar-refractivity contribution in [2.45, 2.75) is 65.5 Å². The average Bonchev–Trinajstić information content (AvgIpc) is 3.02. The Morgan fingerprint density at radius 3 is 2.10 bits per heavy atom. The van der Waals surface area contributed by atoms with Crippen molar-refractivity contribution in [2.24, 2.45) is 0 Å². The highest BCUT2D eigenvalue weighted by Crippen LogP contribution is 2.22. The molecule has 160 valence electrons. The summed E-state index contributed by atoms with van der Waals surface area (Å²) in [4.78, 5) is 12.9. The second-order valence-corrected chi connectivity index (χ2v) is 8.92. The fourth-order valence-electron chi connectivity index (χ4n) is 3.81. The lowest BCUT2D eigenvalue weighted by molar-refractivity contribution is 0.414. The Bertz CT molecular complexity index is 1000. The maximum atomic E-state index is 12.9. The molecular formula is C26H34N2O2. The summed E-state index contributed by atoms with van der Waals surface area (Å²) in [6.45, 7) is 10.00. The van der Waals surface area contributed by atoms with E-state index in [-0.39, 0.29) is 11.1 Å². The fraction of sp³-hybridized carbons (Fsp3) is 0.423. The van der Waals surface area contributed by atoms with E-state index in [1.807, 2.05) is 34.4 Å². The standard InChI is InChI=1S/C26H34N2O2/c1-6-28-23(9-7-8-20-12-16-24(30-5)17-13-20)19-27(25(28)29)18-21-10-14-22(15-11-21)26(2,3)4/h10-17,19H,6-9,18H2,1-5H3. The molecule has 1 aromatic heterocycles. The van der Waals surface area contributed by atoms with Crippen LogP contribution in [-0.4, -0.2) is 16.2 Å². The minimum absolute atomic E-state index is 0.0804. The van der Waals surface area contributed by atoms with E-state index in [0.717, 1.165) is 36.3 Å². The molecule has 0 aliphatic rings. The Hall–Kier alpha value is -2.75. The molecule has 0 amide bonds. The van der Waals surface area contributed by atoms with Crippen LogP contribution in [0.15, 0.2) is 59.5 Å². The molecule has 0 saturated heterocycles. The van der Waals surface area contributed by atoms with Gasteiger partial charge >= 0.3 is 5.69 Å². The summed E-state index contributed by atoms with van der Waals surface area (Å²) in [5, 5.41) is 0. The van der Waals surface area contributed by atoms with Gasteiger partial charge in [0.25, 0.3) is 0 Å². The first-order valence-electron chi connectivity index (χ1n) is 10.8. The highest BCUT2D eigenvalue weighted by atomic mass is 16.5. The predicted molar refractivity (Wildman–Crippen MR) is 124 cm³/mol. The van der Waals surface area contributed by atoms with Crippen LogP contribution >= 0.6 is 0 Å². The highest BCUT2D eigenvalue weighted by Gasteiger charge is 2.14. The van der Waals surface area contributed by atoms with Crippen LogP contribution in [0.25, 0.3) is 0 Å². The van der Waals surface area contributed by atoms with Gasteiger partial charge in [0.05, 0.1) is 13.7 Å². The predicted octanol–water partition coefficient (Wildman–Crippen LogP) is 5.20. The molecule has 3 aromatic rings. The van der Waals surface area contributed by atoms with Crippen molar-refractivity contribution in [1.29, 1.82) is 0 Å². The molecule has 0 N–H and O–H groups in total. The summed E-state index contributed by atoms with van der Waals surface area (Å²) >= 11 is 0. The van der Waals surface area contributed by atoms with E-state index in [0.29, 0.717) is 13.1 Å². The SMILES string of the molecule is CCn1c(CCCc2ccc(OC)cc2)cn(Cc2ccc(C(C)(C)C)cc2)c1=O. The summed E-state index contributed by atoms with van der Waals surface area (Å²) in [7, 11) is 1.68. The van der Waals surface area contributed by atoms with Crippen molar-refractivity contribution in [3.8, 4) is 5.75 Å². The van der Waals surface area contributed by atoms with Gasteiger partial charge in [-0.3, -0.25) is 9.13 Å². The summed E-state index contributed by atoms with van der Waals surface area (Å²) in [5.41, 5.74) is 5.09. The molecular weight excluding hydrogens is 372 g/mol. The van der Waals surface area contributed by atoms with Crippen LogP contribution in [0.3, 0.4) is 0 Å². The van der Waals surface area contributed by atoms with Crippen LogP contribution in [0.2, 0.25) is 0 Å². The van der Waals surface area contributed by atoms with Crippen molar-refractivity contribution in [2.75, 3.05) is 7.11 Å². The maximum Gasteiger partial charge on any atom is 0.328 e. The van der Waals surface area contributed by atoms with E-state index in [4.69, 9.17) is 4.74 Å². The summed E-state index contributed by atoms with van der Waals surface area (Å²) < 4.78 is 8.97. The summed E-state index contributed by atoms with van der Waals surface area (Å²) in [6.07, 6.45) is 4.93. The van der Waals surface area contributed by atoms with Gasteiger partial charge in [-0.05, 0) is 60.4 Å². The van der Waals surface area contributed by atoms with Crippen LogP contribution in [0, 0.1) is 0 Å². The molecule has 2 aromatic carbocycles. The summed E-state index contributed by atoms with van der Waals surface area (Å²) in [6, 6.07) is 16.8. The molecule has 0 atom stereocenters. The zero-order valence-electron chi connectivity index (χ0n) is 18.9. The van der Waals surface area contributed by atoms with Gasteiger partial charge in [0.2, 0.25) is 0 Å². The van der Waals surface area contributed by atoms with Crippen LogP contribution in [-0.2, 0) is 31.3 Å². The molecule has 0 saturated carbocycles. The smallest absolute Gasteiger partial charge is 0.328 e. The molecule has 0 aliphatic heterocycles. The molecule has 3 rings (SSSR count). The van der Waals surface area contributed by atoms with E-state index >= 15 is 0 Å². The summed E-state index contributed by atoms with van der Waals surface area (Å²) in [5.74, 6) is 0.881. The third-order valence-electron chi connectivity index (χ3n) is 5.67. The number of aromatic nitrogens is 2. The monoisotopic (exact) mass is 406 g/mol. The minimum Gasteiger partial charge on any atom is -0.497 e. The minimum atomic E-state index is 0.0804. The van der Waals surface area contributed by atoms with Gasteiger partial charge in [0, 0.05) is 18.4 Å². The Morgan fingerprint density at radius 2 is 1.53 bits per heavy atom. The Kier molecular flexibility index (Phi) is 6.86. The van der Waals surface area contributed by atoms with Crippen molar-refractivity contribution >= 4 is 0 Å². The molecule has 0 bridgehead atoms. The first-order valence-corrected chi connectivity index (χ1v) is 10.8. The number of hydrogen-bond donors (Lipinski definition) is 0. The quantitative estimate of drug-likeness (QED) is 0.515. The van der Waals surface area contributed by atoms with Crippen molar-refractivity contribution in [3.05, 3.63) is 87.6 Å². The number of rotatable bonds is 8. The largest absolute Gasteiger partial charge is 0.497 e. The maximum absolute atomic E-state index is 12.9. The number of hydrogen-bond acceptors (Lipinski definition) is 2. The fourth-order valence-corrected chi connectivity index (χ4v) is 3.81. The molecule has 0 unspecified atom stereocenters. The normalized spacial score (nSPS) is 11.6. The number of benzene rings is 2. The average molecular weight is 407 g/mol. The first kappa shape index (κ1) is 21.9. The lowest BCUT2D eigenvalue weighted by Gasteiger charge is -2.19. The molecule has 1 heterocycles. The van der Waals surface area contributed by atoms with Crippen molar-refractivity contribution < 1.29 is 4.74 Å². The number of aryl methyl sites for hydroxylation is 2. The van der Waals surface area contributed by atoms with Gasteiger partial charge in [-0.25, -0.2) is 4.79 Å². The van der Waals surface area contributed by atoms with Gasteiger partial charge in [-0.15, -0.1) is 0 Å². The van der Waals surface area contributed by atoms with Crippen LogP contribution in [0.1, 0.15) is 56.5 Å². The highest BCUT2D eigenvalue weighted by molar-refractivity contribution is 5.28. The molecule has 0 radical (unpaired) electrons. The topological polar surface area (TPSA) is 36.2 Å². The lowest BCUT2D eigenvalue weighted by atomic mass is 9.87. The number of methoxy groups -OCH3 is 1. The molecule has 0 spiro atoms. The number of imidazole rings is 1. The lowest BCUT2D eigenvalue weighted by Crippen LogP contribution is -2.25. The van der Waals surface area contributed by atoms with E-state index in [1.54, 1.807) is 7.11 Å². The molecule has 0 aliphatic carbocycles. The van der Waals surface area contributed by atoms with Crippen molar-refractivity contribution in [1.82, 2.24) is 9.13 Å². The molecule has 4 nitrogen and oxygen atoms in total. The van der Waals surface area contributed by atoms with Gasteiger partial charge in [0.1, 0.15) is 5.75 Å². The second-order valence-electron chi connectivity index (χ2n) is 8.92. The van der Waals surface area contributed by atoms with Crippen LogP contribution in [0.5, 0.6) is 5.75 Å². The zero-order chi connectivity index (χ0) is 21.7. The Balaban J connectivity index is 1.68. The third kappa shape index (κ3) is 5.24. The molecule has 30 heavy (non-hydrogen) atoms. The molecule has 0 fully saturated rings. The van der Waals surface area contributed by atoms with Gasteiger partial charge in [-0.1, -0.05) is 57.2 Å². The van der Waals surface area contributed by atoms with Crippen LogP contribution in [0.4, 0.5) is 0 Å². The second kappa shape index (κ2) is 9.38. The van der Waals surface area contributed by atoms with E-state index in [9.17, 15) is 4.79 Å². The molecule has 4 heteroatoms. The number of ether oxygens (including phenoxy) is 1. The van der Waals surface area contributed by atoms with Gasteiger partial charge < -0.3 is 4.74 Å².